The molecule has 4 amide bonds. The van der Waals surface area contributed by atoms with Gasteiger partial charge in [-0.2, -0.15) is 0 Å². The zero-order valence-corrected chi connectivity index (χ0v) is 19.1. The number of urea groups is 1. The summed E-state index contributed by atoms with van der Waals surface area (Å²) in [7, 11) is 0. The summed E-state index contributed by atoms with van der Waals surface area (Å²) in [6, 6.07) is -0.511. The lowest BCUT2D eigenvalue weighted by Crippen LogP contribution is -2.46. The molecule has 0 atom stereocenters. The van der Waals surface area contributed by atoms with Gasteiger partial charge in [-0.05, 0) is 32.3 Å². The third kappa shape index (κ3) is 6.55. The smallest absolute Gasteiger partial charge is 0.341 e. The van der Waals surface area contributed by atoms with Crippen LogP contribution in [0.5, 0.6) is 0 Å². The second kappa shape index (κ2) is 10.1. The molecule has 0 saturated heterocycles. The summed E-state index contributed by atoms with van der Waals surface area (Å²) < 4.78 is 5.11. The molecule has 30 heavy (non-hydrogen) atoms. The van der Waals surface area contributed by atoms with Gasteiger partial charge in [-0.25, -0.2) is 9.59 Å². The van der Waals surface area contributed by atoms with E-state index in [1.54, 1.807) is 27.7 Å². The molecule has 2 rings (SSSR count). The van der Waals surface area contributed by atoms with E-state index in [2.05, 4.69) is 16.0 Å². The Labute approximate surface area is 181 Å². The first-order valence-electron chi connectivity index (χ1n) is 10.2. The number of anilines is 1. The topological polar surface area (TPSA) is 114 Å². The molecule has 1 heterocycles. The molecule has 0 bridgehead atoms. The van der Waals surface area contributed by atoms with Gasteiger partial charge in [0.05, 0.1) is 5.56 Å². The summed E-state index contributed by atoms with van der Waals surface area (Å²) in [6.07, 6.45) is 5.08. The Hall–Kier alpha value is -2.42. The third-order valence-electron chi connectivity index (χ3n) is 5.03. The van der Waals surface area contributed by atoms with E-state index in [0.29, 0.717) is 10.6 Å². The Kier molecular flexibility index (Phi) is 8.00. The Morgan fingerprint density at radius 1 is 1.07 bits per heavy atom. The molecule has 0 unspecified atom stereocenters. The highest BCUT2D eigenvalue weighted by Gasteiger charge is 2.27. The zero-order valence-electron chi connectivity index (χ0n) is 18.3. The van der Waals surface area contributed by atoms with Crippen LogP contribution >= 0.6 is 11.3 Å². The van der Waals surface area contributed by atoms with Gasteiger partial charge in [0.15, 0.2) is 6.61 Å². The standard InChI is InChI=1S/C21H31N3O5S/c1-12-13(2)30-17(24-19(27)21(3,4)5)16(12)18(26)29-11-15(25)23-20(28)22-14-9-7-6-8-10-14/h14H,6-11H2,1-5H3,(H,24,27)(H2,22,23,25,28). The molecular weight excluding hydrogens is 406 g/mol. The minimum atomic E-state index is -0.719. The molecule has 3 N–H and O–H groups in total. The second-order valence-electron chi connectivity index (χ2n) is 8.62. The molecule has 166 valence electrons. The zero-order chi connectivity index (χ0) is 22.5. The first kappa shape index (κ1) is 23.9. The van der Waals surface area contributed by atoms with Crippen LogP contribution in [0.3, 0.4) is 0 Å². The van der Waals surface area contributed by atoms with Crippen molar-refractivity contribution < 1.29 is 23.9 Å². The molecule has 1 aromatic rings. The van der Waals surface area contributed by atoms with E-state index in [-0.39, 0.29) is 17.5 Å². The first-order valence-corrected chi connectivity index (χ1v) is 11.0. The molecule has 0 aliphatic heterocycles. The monoisotopic (exact) mass is 437 g/mol. The highest BCUT2D eigenvalue weighted by atomic mass is 32.1. The summed E-state index contributed by atoms with van der Waals surface area (Å²) >= 11 is 1.28. The Morgan fingerprint density at radius 3 is 2.30 bits per heavy atom. The maximum atomic E-state index is 12.6. The molecule has 1 aromatic heterocycles. The van der Waals surface area contributed by atoms with E-state index in [9.17, 15) is 19.2 Å². The van der Waals surface area contributed by atoms with Crippen molar-refractivity contribution in [3.63, 3.8) is 0 Å². The van der Waals surface area contributed by atoms with Gasteiger partial charge in [-0.3, -0.25) is 14.9 Å². The molecule has 1 aliphatic carbocycles. The van der Waals surface area contributed by atoms with Crippen molar-refractivity contribution in [2.75, 3.05) is 11.9 Å². The number of hydrogen-bond donors (Lipinski definition) is 3. The van der Waals surface area contributed by atoms with Crippen LogP contribution in [0, 0.1) is 19.3 Å². The molecule has 0 spiro atoms. The molecule has 0 aromatic carbocycles. The number of aryl methyl sites for hydroxylation is 1. The molecule has 1 fully saturated rings. The van der Waals surface area contributed by atoms with Crippen LogP contribution in [-0.2, 0) is 14.3 Å². The van der Waals surface area contributed by atoms with Gasteiger partial charge in [0.25, 0.3) is 5.91 Å². The van der Waals surface area contributed by atoms with E-state index in [0.717, 1.165) is 37.0 Å². The third-order valence-corrected chi connectivity index (χ3v) is 6.15. The van der Waals surface area contributed by atoms with Crippen molar-refractivity contribution in [1.82, 2.24) is 10.6 Å². The normalized spacial score (nSPS) is 14.7. The Morgan fingerprint density at radius 2 is 1.70 bits per heavy atom. The van der Waals surface area contributed by atoms with Gasteiger partial charge in [-0.15, -0.1) is 11.3 Å². The number of nitrogens with one attached hydrogen (secondary N) is 3. The quantitative estimate of drug-likeness (QED) is 0.608. The number of carbonyl (C=O) groups excluding carboxylic acids is 4. The lowest BCUT2D eigenvalue weighted by Gasteiger charge is -2.22. The van der Waals surface area contributed by atoms with Gasteiger partial charge >= 0.3 is 12.0 Å². The van der Waals surface area contributed by atoms with Crippen molar-refractivity contribution in [2.24, 2.45) is 5.41 Å². The molecule has 1 saturated carbocycles. The highest BCUT2D eigenvalue weighted by Crippen LogP contribution is 2.34. The number of rotatable bonds is 5. The number of esters is 1. The van der Waals surface area contributed by atoms with Crippen LogP contribution < -0.4 is 16.0 Å². The van der Waals surface area contributed by atoms with Crippen molar-refractivity contribution in [2.45, 2.75) is 72.8 Å². The summed E-state index contributed by atoms with van der Waals surface area (Å²) in [5, 5.41) is 8.12. The van der Waals surface area contributed by atoms with Crippen LogP contribution in [-0.4, -0.2) is 36.5 Å². The lowest BCUT2D eigenvalue weighted by molar-refractivity contribution is -0.123. The van der Waals surface area contributed by atoms with Crippen molar-refractivity contribution >= 4 is 40.2 Å². The molecule has 8 nitrogen and oxygen atoms in total. The van der Waals surface area contributed by atoms with Gasteiger partial charge < -0.3 is 15.4 Å². The van der Waals surface area contributed by atoms with E-state index in [1.807, 2.05) is 6.92 Å². The minimum Gasteiger partial charge on any atom is -0.452 e. The molecule has 0 radical (unpaired) electrons. The maximum Gasteiger partial charge on any atom is 0.341 e. The van der Waals surface area contributed by atoms with Crippen LogP contribution in [0.1, 0.15) is 73.7 Å². The predicted octanol–water partition coefficient (Wildman–Crippen LogP) is 3.66. The van der Waals surface area contributed by atoms with Crippen LogP contribution in [0.4, 0.5) is 9.80 Å². The van der Waals surface area contributed by atoms with Gasteiger partial charge in [0, 0.05) is 16.3 Å². The summed E-state index contributed by atoms with van der Waals surface area (Å²) in [5.74, 6) is -1.65. The van der Waals surface area contributed by atoms with E-state index >= 15 is 0 Å². The van der Waals surface area contributed by atoms with Gasteiger partial charge in [-0.1, -0.05) is 40.0 Å². The number of thiophene rings is 1. The number of amides is 4. The Bertz CT molecular complexity index is 819. The first-order chi connectivity index (χ1) is 14.0. The van der Waals surface area contributed by atoms with Crippen LogP contribution in [0.15, 0.2) is 0 Å². The second-order valence-corrected chi connectivity index (χ2v) is 9.85. The number of imide groups is 1. The number of carbonyl (C=O) groups is 4. The lowest BCUT2D eigenvalue weighted by atomic mass is 9.96. The summed E-state index contributed by atoms with van der Waals surface area (Å²) in [5.41, 5.74) is 0.290. The van der Waals surface area contributed by atoms with Crippen molar-refractivity contribution in [3.8, 4) is 0 Å². The predicted molar refractivity (Wildman–Crippen MR) is 116 cm³/mol. The molecule has 9 heteroatoms. The fourth-order valence-electron chi connectivity index (χ4n) is 3.09. The minimum absolute atomic E-state index is 0.0690. The summed E-state index contributed by atoms with van der Waals surface area (Å²) in [4.78, 5) is 49.7. The maximum absolute atomic E-state index is 12.6. The fraction of sp³-hybridized carbons (Fsp3) is 0.619. The molecule has 1 aliphatic rings. The number of ether oxygens (including phenoxy) is 1. The van der Waals surface area contributed by atoms with E-state index < -0.39 is 29.9 Å². The number of hydrogen-bond acceptors (Lipinski definition) is 6. The van der Waals surface area contributed by atoms with Crippen molar-refractivity contribution in [1.29, 1.82) is 0 Å². The van der Waals surface area contributed by atoms with Crippen molar-refractivity contribution in [3.05, 3.63) is 16.0 Å². The average molecular weight is 438 g/mol. The highest BCUT2D eigenvalue weighted by molar-refractivity contribution is 7.16. The van der Waals surface area contributed by atoms with Crippen LogP contribution in [0.2, 0.25) is 0 Å². The van der Waals surface area contributed by atoms with Crippen LogP contribution in [0.25, 0.3) is 0 Å². The fourth-order valence-corrected chi connectivity index (χ4v) is 4.13. The van der Waals surface area contributed by atoms with Gasteiger partial charge in [0.1, 0.15) is 5.00 Å². The molecular formula is C21H31N3O5S. The van der Waals surface area contributed by atoms with E-state index in [4.69, 9.17) is 4.74 Å². The van der Waals surface area contributed by atoms with E-state index in [1.165, 1.54) is 11.3 Å². The average Bonchev–Trinajstić information content (AvgIpc) is 2.93. The van der Waals surface area contributed by atoms with Gasteiger partial charge in [0.2, 0.25) is 5.91 Å². The summed E-state index contributed by atoms with van der Waals surface area (Å²) in [6.45, 7) is 8.33. The SMILES string of the molecule is Cc1sc(NC(=O)C(C)(C)C)c(C(=O)OCC(=O)NC(=O)NC2CCCCC2)c1C. The Balaban J connectivity index is 1.93. The largest absolute Gasteiger partial charge is 0.452 e.